The predicted octanol–water partition coefficient (Wildman–Crippen LogP) is 11.1. The maximum atomic E-state index is 6.40. The van der Waals surface area contributed by atoms with E-state index in [0.29, 0.717) is 5.92 Å². The molecular weight excluding hydrogens is 546 g/mol. The first-order chi connectivity index (χ1) is 22.1. The second-order valence-electron chi connectivity index (χ2n) is 13.6. The molecule has 2 atom stereocenters. The van der Waals surface area contributed by atoms with Crippen molar-refractivity contribution < 1.29 is 4.42 Å². The van der Waals surface area contributed by atoms with Gasteiger partial charge >= 0.3 is 0 Å². The quantitative estimate of drug-likeness (QED) is 0.190. The number of hydrogen-bond donors (Lipinski definition) is 0. The molecule has 4 aliphatic rings. The molecule has 0 saturated carbocycles. The number of aromatic nitrogens is 1. The van der Waals surface area contributed by atoms with Crippen molar-refractivity contribution in [3.05, 3.63) is 150 Å². The van der Waals surface area contributed by atoms with Gasteiger partial charge in [0.05, 0.1) is 11.0 Å². The molecule has 0 spiro atoms. The fourth-order valence-electron chi connectivity index (χ4n) is 9.19. The molecule has 2 aromatic heterocycles. The normalized spacial score (nSPS) is 20.3. The SMILES string of the molecule is CC1(C)c2cc3oc4ccccc4c3cc2-c2c1ccc1c3ccccc3n(C3=CC=C4c5ccccc5C5=CC=CC3C54)c21. The maximum Gasteiger partial charge on any atom is 0.135 e. The van der Waals surface area contributed by atoms with Crippen LogP contribution in [0, 0.1) is 11.8 Å². The number of nitrogens with zero attached hydrogens (tertiary/aromatic N) is 1. The van der Waals surface area contributed by atoms with Gasteiger partial charge < -0.3 is 8.98 Å². The molecule has 0 saturated heterocycles. The van der Waals surface area contributed by atoms with Crippen LogP contribution in [0.5, 0.6) is 0 Å². The number of para-hydroxylation sites is 2. The number of benzene rings is 5. The van der Waals surface area contributed by atoms with Crippen molar-refractivity contribution in [2.75, 3.05) is 0 Å². The number of furan rings is 1. The second-order valence-corrected chi connectivity index (χ2v) is 13.6. The minimum atomic E-state index is -0.158. The van der Waals surface area contributed by atoms with E-state index >= 15 is 0 Å². The minimum absolute atomic E-state index is 0.158. The van der Waals surface area contributed by atoms with Gasteiger partial charge in [0.25, 0.3) is 0 Å². The van der Waals surface area contributed by atoms with Crippen molar-refractivity contribution >= 4 is 60.6 Å². The standard InChI is InChI=1S/C43H29NO/c1-43(2)34-20-18-30-26-12-5-7-16-36(26)44(37-21-19-29-25-11-4-3-10-24(25)28-14-9-15-31(37)40(28)29)42(30)41(34)33-22-32-27-13-6-8-17-38(27)45-39(32)23-35(33)43/h3-23,31,40H,1-2H3. The molecular formula is C43H29NO. The van der Waals surface area contributed by atoms with E-state index in [1.165, 1.54) is 82.8 Å². The lowest BCUT2D eigenvalue weighted by atomic mass is 9.75. The van der Waals surface area contributed by atoms with Crippen LogP contribution in [0.1, 0.15) is 36.1 Å². The lowest BCUT2D eigenvalue weighted by Gasteiger charge is -2.32. The first-order valence-electron chi connectivity index (χ1n) is 16.0. The highest BCUT2D eigenvalue weighted by Crippen LogP contribution is 2.58. The van der Waals surface area contributed by atoms with Crippen LogP contribution in [0.25, 0.3) is 71.7 Å². The van der Waals surface area contributed by atoms with Crippen LogP contribution in [0.3, 0.4) is 0 Å². The lowest BCUT2D eigenvalue weighted by Crippen LogP contribution is -2.21. The van der Waals surface area contributed by atoms with Gasteiger partial charge in [0, 0.05) is 50.1 Å². The molecule has 2 heterocycles. The highest BCUT2D eigenvalue weighted by atomic mass is 16.3. The number of hydrogen-bond acceptors (Lipinski definition) is 1. The summed E-state index contributed by atoms with van der Waals surface area (Å²) in [6.45, 7) is 4.74. The van der Waals surface area contributed by atoms with Crippen molar-refractivity contribution in [3.63, 3.8) is 0 Å². The highest BCUT2D eigenvalue weighted by Gasteiger charge is 2.43. The molecule has 5 aromatic carbocycles. The largest absolute Gasteiger partial charge is 0.456 e. The third-order valence-corrected chi connectivity index (χ3v) is 11.2. The molecule has 212 valence electrons. The molecule has 7 aromatic rings. The molecule has 0 N–H and O–H groups in total. The summed E-state index contributed by atoms with van der Waals surface area (Å²) in [5.41, 5.74) is 16.7. The minimum Gasteiger partial charge on any atom is -0.456 e. The van der Waals surface area contributed by atoms with Gasteiger partial charge in [-0.1, -0.05) is 111 Å². The van der Waals surface area contributed by atoms with Crippen LogP contribution in [-0.4, -0.2) is 4.57 Å². The Labute approximate surface area is 260 Å². The number of allylic oxidation sites excluding steroid dienone is 8. The van der Waals surface area contributed by atoms with E-state index < -0.39 is 0 Å². The topological polar surface area (TPSA) is 18.1 Å². The molecule has 0 fully saturated rings. The fraction of sp³-hybridized carbons (Fsp3) is 0.116. The summed E-state index contributed by atoms with van der Waals surface area (Å²) in [4.78, 5) is 0. The summed E-state index contributed by atoms with van der Waals surface area (Å²) >= 11 is 0. The first kappa shape index (κ1) is 24.0. The van der Waals surface area contributed by atoms with Crippen molar-refractivity contribution in [2.45, 2.75) is 19.3 Å². The Morgan fingerprint density at radius 2 is 1.38 bits per heavy atom. The monoisotopic (exact) mass is 575 g/mol. The Balaban J connectivity index is 1.26. The van der Waals surface area contributed by atoms with E-state index in [0.717, 1.165) is 11.2 Å². The smallest absolute Gasteiger partial charge is 0.135 e. The van der Waals surface area contributed by atoms with Crippen LogP contribution in [0.4, 0.5) is 0 Å². The van der Waals surface area contributed by atoms with Crippen molar-refractivity contribution in [3.8, 4) is 11.1 Å². The Morgan fingerprint density at radius 1 is 0.622 bits per heavy atom. The van der Waals surface area contributed by atoms with Gasteiger partial charge in [0.2, 0.25) is 0 Å². The van der Waals surface area contributed by atoms with Gasteiger partial charge in [-0.2, -0.15) is 0 Å². The summed E-state index contributed by atoms with van der Waals surface area (Å²) in [7, 11) is 0. The van der Waals surface area contributed by atoms with E-state index in [1.54, 1.807) is 0 Å². The maximum absolute atomic E-state index is 6.40. The van der Waals surface area contributed by atoms with E-state index in [-0.39, 0.29) is 11.3 Å². The predicted molar refractivity (Wildman–Crippen MR) is 187 cm³/mol. The molecule has 45 heavy (non-hydrogen) atoms. The average Bonchev–Trinajstić information content (AvgIpc) is 3.77. The first-order valence-corrected chi connectivity index (χ1v) is 16.0. The van der Waals surface area contributed by atoms with Crippen LogP contribution in [0.15, 0.2) is 132 Å². The van der Waals surface area contributed by atoms with Crippen LogP contribution >= 0.6 is 0 Å². The van der Waals surface area contributed by atoms with Crippen LogP contribution in [-0.2, 0) is 5.41 Å². The van der Waals surface area contributed by atoms with Crippen molar-refractivity contribution in [1.82, 2.24) is 4.57 Å². The summed E-state index contributed by atoms with van der Waals surface area (Å²) in [6.07, 6.45) is 11.9. The van der Waals surface area contributed by atoms with E-state index in [4.69, 9.17) is 4.42 Å². The zero-order chi connectivity index (χ0) is 29.6. The van der Waals surface area contributed by atoms with Gasteiger partial charge in [0.15, 0.2) is 0 Å². The summed E-state index contributed by atoms with van der Waals surface area (Å²) < 4.78 is 9.01. The van der Waals surface area contributed by atoms with Crippen molar-refractivity contribution in [2.24, 2.45) is 11.8 Å². The van der Waals surface area contributed by atoms with Crippen molar-refractivity contribution in [1.29, 1.82) is 0 Å². The zero-order valence-corrected chi connectivity index (χ0v) is 25.1. The Morgan fingerprint density at radius 3 is 2.24 bits per heavy atom. The molecule has 2 unspecified atom stereocenters. The van der Waals surface area contributed by atoms with E-state index in [2.05, 4.69) is 146 Å². The molecule has 0 radical (unpaired) electrons. The summed E-state index contributed by atoms with van der Waals surface area (Å²) in [5, 5.41) is 4.98. The number of rotatable bonds is 1. The molecule has 0 aliphatic heterocycles. The van der Waals surface area contributed by atoms with Crippen LogP contribution in [0.2, 0.25) is 0 Å². The third kappa shape index (κ3) is 2.82. The van der Waals surface area contributed by atoms with Gasteiger partial charge in [-0.15, -0.1) is 0 Å². The average molecular weight is 576 g/mol. The molecule has 2 nitrogen and oxygen atoms in total. The van der Waals surface area contributed by atoms with E-state index in [1.807, 2.05) is 0 Å². The number of fused-ring (bicyclic) bond motifs is 13. The Bertz CT molecular complexity index is 2630. The Hall–Kier alpha value is -5.34. The zero-order valence-electron chi connectivity index (χ0n) is 25.1. The molecule has 2 heteroatoms. The molecule has 0 bridgehead atoms. The summed E-state index contributed by atoms with van der Waals surface area (Å²) in [6, 6.07) is 35.8. The highest BCUT2D eigenvalue weighted by molar-refractivity contribution is 6.18. The molecule has 4 aliphatic carbocycles. The summed E-state index contributed by atoms with van der Waals surface area (Å²) in [5.74, 6) is 0.586. The van der Waals surface area contributed by atoms with E-state index in [9.17, 15) is 0 Å². The lowest BCUT2D eigenvalue weighted by molar-refractivity contribution is 0.647. The van der Waals surface area contributed by atoms with Crippen LogP contribution < -0.4 is 0 Å². The van der Waals surface area contributed by atoms with Gasteiger partial charge in [0.1, 0.15) is 11.2 Å². The second kappa shape index (κ2) is 8.02. The van der Waals surface area contributed by atoms with Gasteiger partial charge in [-0.05, 0) is 69.3 Å². The van der Waals surface area contributed by atoms with Gasteiger partial charge in [-0.25, -0.2) is 0 Å². The fourth-order valence-corrected chi connectivity index (χ4v) is 9.19. The molecule has 11 rings (SSSR count). The van der Waals surface area contributed by atoms with Gasteiger partial charge in [-0.3, -0.25) is 0 Å². The Kier molecular flexibility index (Phi) is 4.29. The molecule has 0 amide bonds. The third-order valence-electron chi connectivity index (χ3n) is 11.2.